The molecule has 1 N–H and O–H groups in total. The third-order valence-electron chi connectivity index (χ3n) is 2.97. The van der Waals surface area contributed by atoms with E-state index in [-0.39, 0.29) is 0 Å². The fraction of sp³-hybridized carbons (Fsp3) is 0.286. The number of hydrogen-bond acceptors (Lipinski definition) is 2. The minimum Gasteiger partial charge on any atom is -0.352 e. The molecular weight excluding hydrogens is 283 g/mol. The van der Waals surface area contributed by atoms with Crippen molar-refractivity contribution in [1.82, 2.24) is 14.9 Å². The Morgan fingerprint density at radius 2 is 2.00 bits per heavy atom. The number of aromatic nitrogens is 2. The van der Waals surface area contributed by atoms with Gasteiger partial charge in [0.05, 0.1) is 11.9 Å². The Morgan fingerprint density at radius 3 is 2.71 bits per heavy atom. The summed E-state index contributed by atoms with van der Waals surface area (Å²) in [6, 6.07) is 1.65. The van der Waals surface area contributed by atoms with Gasteiger partial charge in [0.15, 0.2) is 17.5 Å². The first kappa shape index (κ1) is 15.1. The number of amides is 1. The standard InChI is InChI=1S/C14H14F3N3O/c15-11-4-3-10(12(16)13(11)17)14(21)19-5-1-2-7-20-8-6-18-9-20/h3-4,6,8-9H,1-2,5,7H2,(H,19,21). The molecule has 0 aliphatic rings. The first-order chi connectivity index (χ1) is 10.1. The van der Waals surface area contributed by atoms with Gasteiger partial charge in [-0.2, -0.15) is 0 Å². The van der Waals surface area contributed by atoms with Gasteiger partial charge in [0.2, 0.25) is 0 Å². The Hall–Kier alpha value is -2.31. The second-order valence-corrected chi connectivity index (χ2v) is 4.49. The number of unbranched alkanes of at least 4 members (excludes halogenated alkanes) is 1. The molecule has 2 aromatic rings. The predicted molar refractivity (Wildman–Crippen MR) is 70.1 cm³/mol. The zero-order valence-electron chi connectivity index (χ0n) is 11.2. The summed E-state index contributed by atoms with van der Waals surface area (Å²) in [6.07, 6.45) is 6.67. The average molecular weight is 297 g/mol. The molecule has 1 aromatic heterocycles. The van der Waals surface area contributed by atoms with Gasteiger partial charge in [-0.05, 0) is 25.0 Å². The number of aryl methyl sites for hydroxylation is 1. The maximum atomic E-state index is 13.4. The van der Waals surface area contributed by atoms with E-state index >= 15 is 0 Å². The minimum atomic E-state index is -1.64. The highest BCUT2D eigenvalue weighted by Gasteiger charge is 2.18. The molecule has 21 heavy (non-hydrogen) atoms. The highest BCUT2D eigenvalue weighted by Crippen LogP contribution is 2.14. The first-order valence-corrected chi connectivity index (χ1v) is 6.47. The number of nitrogens with zero attached hydrogens (tertiary/aromatic N) is 2. The van der Waals surface area contributed by atoms with Crippen LogP contribution in [0, 0.1) is 17.5 Å². The Morgan fingerprint density at radius 1 is 1.19 bits per heavy atom. The smallest absolute Gasteiger partial charge is 0.254 e. The van der Waals surface area contributed by atoms with Crippen LogP contribution in [0.15, 0.2) is 30.9 Å². The quantitative estimate of drug-likeness (QED) is 0.658. The van der Waals surface area contributed by atoms with Crippen LogP contribution in [-0.4, -0.2) is 22.0 Å². The lowest BCUT2D eigenvalue weighted by Gasteiger charge is -2.07. The molecule has 0 fully saturated rings. The van der Waals surface area contributed by atoms with Gasteiger partial charge in [-0.3, -0.25) is 4.79 Å². The number of carbonyl (C=O) groups excluding carboxylic acids is 1. The number of rotatable bonds is 6. The van der Waals surface area contributed by atoms with E-state index in [2.05, 4.69) is 10.3 Å². The Labute approximate surface area is 119 Å². The Kier molecular flexibility index (Phi) is 4.97. The summed E-state index contributed by atoms with van der Waals surface area (Å²) in [7, 11) is 0. The lowest BCUT2D eigenvalue weighted by Crippen LogP contribution is -2.26. The van der Waals surface area contributed by atoms with E-state index in [9.17, 15) is 18.0 Å². The van der Waals surface area contributed by atoms with E-state index in [0.29, 0.717) is 13.0 Å². The van der Waals surface area contributed by atoms with E-state index in [4.69, 9.17) is 0 Å². The summed E-state index contributed by atoms with van der Waals surface area (Å²) in [6.45, 7) is 1.08. The minimum absolute atomic E-state index is 0.325. The molecule has 0 aliphatic carbocycles. The normalized spacial score (nSPS) is 10.6. The maximum absolute atomic E-state index is 13.4. The second-order valence-electron chi connectivity index (χ2n) is 4.49. The van der Waals surface area contributed by atoms with Gasteiger partial charge in [-0.25, -0.2) is 18.2 Å². The SMILES string of the molecule is O=C(NCCCCn1ccnc1)c1ccc(F)c(F)c1F. The van der Waals surface area contributed by atoms with E-state index in [1.165, 1.54) is 0 Å². The van der Waals surface area contributed by atoms with Crippen molar-refractivity contribution in [3.8, 4) is 0 Å². The van der Waals surface area contributed by atoms with Crippen molar-refractivity contribution in [3.05, 3.63) is 53.9 Å². The molecule has 0 radical (unpaired) electrons. The van der Waals surface area contributed by atoms with Crippen LogP contribution in [0.2, 0.25) is 0 Å². The van der Waals surface area contributed by atoms with E-state index < -0.39 is 28.9 Å². The summed E-state index contributed by atoms with van der Waals surface area (Å²) in [4.78, 5) is 15.6. The second kappa shape index (κ2) is 6.92. The molecule has 112 valence electrons. The van der Waals surface area contributed by atoms with Crippen molar-refractivity contribution in [2.45, 2.75) is 19.4 Å². The van der Waals surface area contributed by atoms with Gasteiger partial charge in [0.1, 0.15) is 0 Å². The molecule has 2 rings (SSSR count). The molecule has 0 atom stereocenters. The number of nitrogens with one attached hydrogen (secondary N) is 1. The van der Waals surface area contributed by atoms with Crippen LogP contribution in [0.1, 0.15) is 23.2 Å². The van der Waals surface area contributed by atoms with Gasteiger partial charge in [0.25, 0.3) is 5.91 Å². The molecule has 0 bridgehead atoms. The number of hydrogen-bond donors (Lipinski definition) is 1. The fourth-order valence-electron chi connectivity index (χ4n) is 1.84. The zero-order valence-corrected chi connectivity index (χ0v) is 11.2. The third kappa shape index (κ3) is 3.84. The van der Waals surface area contributed by atoms with Crippen molar-refractivity contribution in [2.24, 2.45) is 0 Å². The van der Waals surface area contributed by atoms with Crippen molar-refractivity contribution in [1.29, 1.82) is 0 Å². The average Bonchev–Trinajstić information content (AvgIpc) is 2.97. The molecule has 1 heterocycles. The summed E-state index contributed by atoms with van der Waals surface area (Å²) >= 11 is 0. The highest BCUT2D eigenvalue weighted by molar-refractivity contribution is 5.94. The van der Waals surface area contributed by atoms with Gasteiger partial charge < -0.3 is 9.88 Å². The van der Waals surface area contributed by atoms with Gasteiger partial charge >= 0.3 is 0 Å². The van der Waals surface area contributed by atoms with Gasteiger partial charge in [-0.1, -0.05) is 0 Å². The van der Waals surface area contributed by atoms with Crippen LogP contribution in [0.5, 0.6) is 0 Å². The van der Waals surface area contributed by atoms with Crippen LogP contribution < -0.4 is 5.32 Å². The number of carbonyl (C=O) groups is 1. The summed E-state index contributed by atoms with van der Waals surface area (Å²) in [5.41, 5.74) is -0.497. The molecule has 7 heteroatoms. The van der Waals surface area contributed by atoms with Gasteiger partial charge in [0, 0.05) is 25.5 Å². The highest BCUT2D eigenvalue weighted by atomic mass is 19.2. The number of benzene rings is 1. The Bertz CT molecular complexity index is 614. The zero-order chi connectivity index (χ0) is 15.2. The molecule has 0 spiro atoms. The topological polar surface area (TPSA) is 46.9 Å². The largest absolute Gasteiger partial charge is 0.352 e. The third-order valence-corrected chi connectivity index (χ3v) is 2.97. The summed E-state index contributed by atoms with van der Waals surface area (Å²) in [5.74, 6) is -5.17. The molecule has 4 nitrogen and oxygen atoms in total. The van der Waals surface area contributed by atoms with E-state index in [1.54, 1.807) is 12.5 Å². The van der Waals surface area contributed by atoms with Crippen LogP contribution in [0.3, 0.4) is 0 Å². The van der Waals surface area contributed by atoms with Crippen LogP contribution in [-0.2, 0) is 6.54 Å². The van der Waals surface area contributed by atoms with Crippen molar-refractivity contribution < 1.29 is 18.0 Å². The van der Waals surface area contributed by atoms with Crippen molar-refractivity contribution >= 4 is 5.91 Å². The van der Waals surface area contributed by atoms with Crippen molar-refractivity contribution in [2.75, 3.05) is 6.54 Å². The lowest BCUT2D eigenvalue weighted by molar-refractivity contribution is 0.0947. The molecule has 0 aliphatic heterocycles. The number of imidazole rings is 1. The summed E-state index contributed by atoms with van der Waals surface area (Å²) in [5, 5.41) is 2.47. The maximum Gasteiger partial charge on any atom is 0.254 e. The summed E-state index contributed by atoms with van der Waals surface area (Å²) < 4.78 is 41.1. The fourth-order valence-corrected chi connectivity index (χ4v) is 1.84. The predicted octanol–water partition coefficient (Wildman–Crippen LogP) is 2.51. The monoisotopic (exact) mass is 297 g/mol. The first-order valence-electron chi connectivity index (χ1n) is 6.47. The Balaban J connectivity index is 1.78. The molecule has 1 amide bonds. The van der Waals surface area contributed by atoms with E-state index in [1.807, 2.05) is 10.8 Å². The van der Waals surface area contributed by atoms with Crippen LogP contribution >= 0.6 is 0 Å². The van der Waals surface area contributed by atoms with Crippen molar-refractivity contribution in [3.63, 3.8) is 0 Å². The molecular formula is C14H14F3N3O. The molecule has 0 unspecified atom stereocenters. The number of halogens is 3. The van der Waals surface area contributed by atoms with Gasteiger partial charge in [-0.15, -0.1) is 0 Å². The van der Waals surface area contributed by atoms with Crippen LogP contribution in [0.4, 0.5) is 13.2 Å². The molecule has 1 aromatic carbocycles. The van der Waals surface area contributed by atoms with Crippen LogP contribution in [0.25, 0.3) is 0 Å². The van der Waals surface area contributed by atoms with E-state index in [0.717, 1.165) is 25.1 Å². The molecule has 0 saturated heterocycles. The molecule has 0 saturated carbocycles. The lowest BCUT2D eigenvalue weighted by atomic mass is 10.2.